The van der Waals surface area contributed by atoms with Gasteiger partial charge in [0.2, 0.25) is 0 Å². The van der Waals surface area contributed by atoms with Crippen molar-refractivity contribution in [1.82, 2.24) is 10.3 Å². The van der Waals surface area contributed by atoms with Crippen LogP contribution in [0.15, 0.2) is 42.6 Å². The summed E-state index contributed by atoms with van der Waals surface area (Å²) in [6.45, 7) is 6.65. The van der Waals surface area contributed by atoms with E-state index in [0.29, 0.717) is 5.56 Å². The third-order valence-electron chi connectivity index (χ3n) is 3.30. The summed E-state index contributed by atoms with van der Waals surface area (Å²) in [5.74, 6) is -0.116. The van der Waals surface area contributed by atoms with Gasteiger partial charge in [0.25, 0.3) is 5.91 Å². The predicted octanol–water partition coefficient (Wildman–Crippen LogP) is 3.31. The van der Waals surface area contributed by atoms with Crippen LogP contribution < -0.4 is 10.6 Å². The highest BCUT2D eigenvalue weighted by Gasteiger charge is 2.15. The van der Waals surface area contributed by atoms with E-state index in [-0.39, 0.29) is 11.9 Å². The van der Waals surface area contributed by atoms with Gasteiger partial charge in [-0.3, -0.25) is 9.78 Å². The molecule has 21 heavy (non-hydrogen) atoms. The SMILES string of the molecule is CCNc1cc(C)ncc1C(=O)NC(C)c1ccccc1. The molecule has 2 N–H and O–H groups in total. The zero-order valence-corrected chi connectivity index (χ0v) is 12.7. The van der Waals surface area contributed by atoms with Gasteiger partial charge in [-0.1, -0.05) is 30.3 Å². The zero-order chi connectivity index (χ0) is 15.2. The number of amides is 1. The highest BCUT2D eigenvalue weighted by molar-refractivity contribution is 5.99. The predicted molar refractivity (Wildman–Crippen MR) is 85.5 cm³/mol. The highest BCUT2D eigenvalue weighted by atomic mass is 16.1. The lowest BCUT2D eigenvalue weighted by Crippen LogP contribution is -2.27. The number of carbonyl (C=O) groups excluding carboxylic acids is 1. The van der Waals surface area contributed by atoms with Gasteiger partial charge in [-0.25, -0.2) is 0 Å². The standard InChI is InChI=1S/C17H21N3O/c1-4-18-16-10-12(2)19-11-15(16)17(21)20-13(3)14-8-6-5-7-9-14/h5-11,13H,4H2,1-3H3,(H,18,19)(H,20,21). The summed E-state index contributed by atoms with van der Waals surface area (Å²) >= 11 is 0. The van der Waals surface area contributed by atoms with Gasteiger partial charge in [0.15, 0.2) is 0 Å². The van der Waals surface area contributed by atoms with Crippen molar-refractivity contribution in [2.24, 2.45) is 0 Å². The number of anilines is 1. The summed E-state index contributed by atoms with van der Waals surface area (Å²) < 4.78 is 0. The molecule has 0 aliphatic heterocycles. The summed E-state index contributed by atoms with van der Waals surface area (Å²) in [4.78, 5) is 16.7. The van der Waals surface area contributed by atoms with Crippen molar-refractivity contribution in [1.29, 1.82) is 0 Å². The van der Waals surface area contributed by atoms with Crippen LogP contribution in [-0.2, 0) is 0 Å². The molecule has 0 radical (unpaired) electrons. The fraction of sp³-hybridized carbons (Fsp3) is 0.294. The van der Waals surface area contributed by atoms with E-state index in [2.05, 4.69) is 15.6 Å². The van der Waals surface area contributed by atoms with E-state index in [0.717, 1.165) is 23.5 Å². The molecule has 0 saturated carbocycles. The Hall–Kier alpha value is -2.36. The second kappa shape index (κ2) is 6.88. The summed E-state index contributed by atoms with van der Waals surface area (Å²) in [6, 6.07) is 11.8. The van der Waals surface area contributed by atoms with Crippen LogP contribution in [0, 0.1) is 6.92 Å². The summed E-state index contributed by atoms with van der Waals surface area (Å²) in [5.41, 5.74) is 3.36. The highest BCUT2D eigenvalue weighted by Crippen LogP contribution is 2.18. The molecule has 0 saturated heterocycles. The van der Waals surface area contributed by atoms with E-state index in [9.17, 15) is 4.79 Å². The summed E-state index contributed by atoms with van der Waals surface area (Å²) in [6.07, 6.45) is 1.63. The van der Waals surface area contributed by atoms with Crippen molar-refractivity contribution in [2.75, 3.05) is 11.9 Å². The number of hydrogen-bond acceptors (Lipinski definition) is 3. The van der Waals surface area contributed by atoms with Crippen LogP contribution in [0.2, 0.25) is 0 Å². The van der Waals surface area contributed by atoms with Crippen LogP contribution in [0.4, 0.5) is 5.69 Å². The molecule has 4 nitrogen and oxygen atoms in total. The molecule has 0 spiro atoms. The fourth-order valence-electron chi connectivity index (χ4n) is 2.18. The molecule has 2 rings (SSSR count). The molecule has 1 amide bonds. The molecule has 1 aromatic carbocycles. The fourth-order valence-corrected chi connectivity index (χ4v) is 2.18. The van der Waals surface area contributed by atoms with Gasteiger partial charge in [-0.15, -0.1) is 0 Å². The first-order valence-corrected chi connectivity index (χ1v) is 7.18. The lowest BCUT2D eigenvalue weighted by molar-refractivity contribution is 0.0940. The van der Waals surface area contributed by atoms with Crippen LogP contribution >= 0.6 is 0 Å². The second-order valence-corrected chi connectivity index (χ2v) is 5.01. The van der Waals surface area contributed by atoms with Crippen LogP contribution in [0.5, 0.6) is 0 Å². The van der Waals surface area contributed by atoms with Crippen molar-refractivity contribution >= 4 is 11.6 Å². The molecule has 1 heterocycles. The van der Waals surface area contributed by atoms with Crippen molar-refractivity contribution < 1.29 is 4.79 Å². The number of hydrogen-bond donors (Lipinski definition) is 2. The average Bonchev–Trinajstić information content (AvgIpc) is 2.48. The molecule has 0 aliphatic rings. The molecular weight excluding hydrogens is 262 g/mol. The Bertz CT molecular complexity index is 611. The molecule has 0 bridgehead atoms. The number of aromatic nitrogens is 1. The van der Waals surface area contributed by atoms with Gasteiger partial charge < -0.3 is 10.6 Å². The number of rotatable bonds is 5. The number of pyridine rings is 1. The molecule has 0 fully saturated rings. The zero-order valence-electron chi connectivity index (χ0n) is 12.7. The number of nitrogens with one attached hydrogen (secondary N) is 2. The maximum atomic E-state index is 12.4. The molecule has 4 heteroatoms. The molecule has 1 aromatic heterocycles. The normalized spacial score (nSPS) is 11.8. The number of benzene rings is 1. The third kappa shape index (κ3) is 3.81. The van der Waals surface area contributed by atoms with E-state index < -0.39 is 0 Å². The third-order valence-corrected chi connectivity index (χ3v) is 3.30. The molecule has 1 unspecified atom stereocenters. The Morgan fingerprint density at radius 1 is 1.29 bits per heavy atom. The van der Waals surface area contributed by atoms with Gasteiger partial charge in [0.05, 0.1) is 17.3 Å². The van der Waals surface area contributed by atoms with Crippen molar-refractivity contribution in [2.45, 2.75) is 26.8 Å². The minimum atomic E-state index is -0.116. The van der Waals surface area contributed by atoms with Gasteiger partial charge >= 0.3 is 0 Å². The van der Waals surface area contributed by atoms with E-state index in [4.69, 9.17) is 0 Å². The number of nitrogens with zero attached hydrogens (tertiary/aromatic N) is 1. The Labute approximate surface area is 125 Å². The van der Waals surface area contributed by atoms with E-state index in [1.807, 2.05) is 57.2 Å². The Balaban J connectivity index is 2.17. The number of aryl methyl sites for hydroxylation is 1. The first kappa shape index (κ1) is 15.0. The van der Waals surface area contributed by atoms with E-state index in [1.54, 1.807) is 6.20 Å². The summed E-state index contributed by atoms with van der Waals surface area (Å²) in [7, 11) is 0. The van der Waals surface area contributed by atoms with Crippen molar-refractivity contribution in [3.63, 3.8) is 0 Å². The average molecular weight is 283 g/mol. The smallest absolute Gasteiger partial charge is 0.255 e. The molecule has 110 valence electrons. The van der Waals surface area contributed by atoms with Crippen LogP contribution in [-0.4, -0.2) is 17.4 Å². The lowest BCUT2D eigenvalue weighted by Gasteiger charge is -2.16. The lowest BCUT2D eigenvalue weighted by atomic mass is 10.1. The first-order chi connectivity index (χ1) is 10.1. The maximum Gasteiger partial charge on any atom is 0.255 e. The molecule has 1 atom stereocenters. The van der Waals surface area contributed by atoms with E-state index in [1.165, 1.54) is 0 Å². The quantitative estimate of drug-likeness (QED) is 0.885. The summed E-state index contributed by atoms with van der Waals surface area (Å²) in [5, 5.41) is 6.22. The Morgan fingerprint density at radius 2 is 2.00 bits per heavy atom. The molecule has 0 aliphatic carbocycles. The van der Waals surface area contributed by atoms with Crippen molar-refractivity contribution in [3.05, 3.63) is 59.4 Å². The Morgan fingerprint density at radius 3 is 2.67 bits per heavy atom. The van der Waals surface area contributed by atoms with Gasteiger partial charge in [0.1, 0.15) is 0 Å². The van der Waals surface area contributed by atoms with Gasteiger partial charge in [0, 0.05) is 18.4 Å². The monoisotopic (exact) mass is 283 g/mol. The van der Waals surface area contributed by atoms with Crippen LogP contribution in [0.25, 0.3) is 0 Å². The maximum absolute atomic E-state index is 12.4. The van der Waals surface area contributed by atoms with E-state index >= 15 is 0 Å². The first-order valence-electron chi connectivity index (χ1n) is 7.18. The number of carbonyl (C=O) groups is 1. The largest absolute Gasteiger partial charge is 0.385 e. The topological polar surface area (TPSA) is 54.0 Å². The molecule has 2 aromatic rings. The molecular formula is C17H21N3O. The van der Waals surface area contributed by atoms with Gasteiger partial charge in [-0.2, -0.15) is 0 Å². The minimum Gasteiger partial charge on any atom is -0.385 e. The van der Waals surface area contributed by atoms with Crippen molar-refractivity contribution in [3.8, 4) is 0 Å². The van der Waals surface area contributed by atoms with Crippen LogP contribution in [0.1, 0.15) is 41.5 Å². The Kier molecular flexibility index (Phi) is 4.93. The second-order valence-electron chi connectivity index (χ2n) is 5.01. The van der Waals surface area contributed by atoms with Gasteiger partial charge in [-0.05, 0) is 32.4 Å². The van der Waals surface area contributed by atoms with Crippen LogP contribution in [0.3, 0.4) is 0 Å². The minimum absolute atomic E-state index is 0.0468.